The minimum Gasteiger partial charge on any atom is -0.466 e. The Hall–Kier alpha value is -1.51. The van der Waals surface area contributed by atoms with E-state index in [4.69, 9.17) is 4.74 Å². The highest BCUT2D eigenvalue weighted by Gasteiger charge is 2.48. The van der Waals surface area contributed by atoms with Crippen molar-refractivity contribution < 1.29 is 22.6 Å². The number of thiazole rings is 1. The van der Waals surface area contributed by atoms with Gasteiger partial charge in [-0.25, -0.2) is 4.98 Å². The molecule has 3 saturated heterocycles. The number of piperidine rings is 3. The molecule has 0 radical (unpaired) electrons. The van der Waals surface area contributed by atoms with Gasteiger partial charge in [-0.2, -0.15) is 0 Å². The topological polar surface area (TPSA) is 34.6 Å². The Morgan fingerprint density at radius 2 is 1.71 bits per heavy atom. The summed E-state index contributed by atoms with van der Waals surface area (Å²) in [5.41, 5.74) is 0.799. The zero-order chi connectivity index (χ0) is 18.6. The largest absolute Gasteiger partial charge is 0.573 e. The van der Waals surface area contributed by atoms with Gasteiger partial charge >= 0.3 is 6.36 Å². The van der Waals surface area contributed by atoms with Gasteiger partial charge in [-0.1, -0.05) is 11.3 Å². The molecular formula is C19H20ClF3N2O2S. The Morgan fingerprint density at radius 1 is 1.04 bits per heavy atom. The normalized spacial score (nSPS) is 30.8. The van der Waals surface area contributed by atoms with Gasteiger partial charge in [-0.15, -0.1) is 25.6 Å². The van der Waals surface area contributed by atoms with Crippen LogP contribution < -0.4 is 9.47 Å². The first kappa shape index (κ1) is 19.8. The molecule has 28 heavy (non-hydrogen) atoms. The van der Waals surface area contributed by atoms with Gasteiger partial charge in [0.05, 0.1) is 4.88 Å². The summed E-state index contributed by atoms with van der Waals surface area (Å²) in [5, 5.41) is 0.646. The van der Waals surface area contributed by atoms with Gasteiger partial charge in [0, 0.05) is 37.7 Å². The molecule has 4 fully saturated rings. The molecular weight excluding hydrogens is 413 g/mol. The van der Waals surface area contributed by atoms with Gasteiger partial charge in [-0.05, 0) is 48.6 Å². The fraction of sp³-hybridized carbons (Fsp3) is 0.526. The van der Waals surface area contributed by atoms with Crippen LogP contribution in [0.3, 0.4) is 0 Å². The average Bonchev–Trinajstić information content (AvgIpc) is 3.05. The zero-order valence-corrected chi connectivity index (χ0v) is 16.5. The second-order valence-electron chi connectivity index (χ2n) is 7.72. The molecule has 1 aromatic heterocycles. The van der Waals surface area contributed by atoms with Crippen LogP contribution in [-0.4, -0.2) is 42.0 Å². The lowest BCUT2D eigenvalue weighted by molar-refractivity contribution is -0.274. The fourth-order valence-electron chi connectivity index (χ4n) is 4.94. The highest BCUT2D eigenvalue weighted by molar-refractivity contribution is 7.16. The van der Waals surface area contributed by atoms with E-state index in [-0.39, 0.29) is 24.3 Å². The summed E-state index contributed by atoms with van der Waals surface area (Å²) in [5.74, 6) is 1.77. The van der Waals surface area contributed by atoms with Crippen LogP contribution in [0.5, 0.6) is 10.9 Å². The summed E-state index contributed by atoms with van der Waals surface area (Å²) in [6.45, 7) is 3.49. The van der Waals surface area contributed by atoms with Crippen LogP contribution in [0.15, 0.2) is 30.5 Å². The Kier molecular flexibility index (Phi) is 5.22. The number of nitrogens with zero attached hydrogens (tertiary/aromatic N) is 2. The van der Waals surface area contributed by atoms with E-state index in [0.29, 0.717) is 17.0 Å². The number of aromatic nitrogens is 1. The van der Waals surface area contributed by atoms with Crippen LogP contribution in [0.25, 0.3) is 10.4 Å². The lowest BCUT2D eigenvalue weighted by Crippen LogP contribution is -2.61. The highest BCUT2D eigenvalue weighted by atomic mass is 35.5. The predicted molar refractivity (Wildman–Crippen MR) is 102 cm³/mol. The molecule has 1 saturated carbocycles. The molecule has 4 aliphatic rings. The second-order valence-corrected chi connectivity index (χ2v) is 8.71. The van der Waals surface area contributed by atoms with E-state index >= 15 is 0 Å². The van der Waals surface area contributed by atoms with Crippen LogP contribution in [0.4, 0.5) is 13.2 Å². The number of hydrogen-bond donors (Lipinski definition) is 0. The van der Waals surface area contributed by atoms with Crippen molar-refractivity contribution >= 4 is 23.7 Å². The Bertz CT molecular complexity index is 799. The second kappa shape index (κ2) is 7.39. The van der Waals surface area contributed by atoms with Crippen molar-refractivity contribution in [3.63, 3.8) is 0 Å². The third kappa shape index (κ3) is 3.95. The molecule has 4 bridgehead atoms. The molecule has 0 amide bonds. The number of rotatable bonds is 4. The summed E-state index contributed by atoms with van der Waals surface area (Å²) in [7, 11) is 0. The van der Waals surface area contributed by atoms with Crippen molar-refractivity contribution in [2.45, 2.75) is 25.3 Å². The van der Waals surface area contributed by atoms with Gasteiger partial charge < -0.3 is 14.4 Å². The monoisotopic (exact) mass is 432 g/mol. The van der Waals surface area contributed by atoms with E-state index in [9.17, 15) is 13.2 Å². The minimum absolute atomic E-state index is 0. The molecule has 4 nitrogen and oxygen atoms in total. The third-order valence-corrected chi connectivity index (χ3v) is 6.73. The van der Waals surface area contributed by atoms with E-state index in [2.05, 4.69) is 14.6 Å². The molecule has 2 unspecified atom stereocenters. The number of benzene rings is 1. The SMILES string of the molecule is Cl.FC(F)(F)Oc1ccc(-c2cnc(OC3C4CC5CC3CN(C5)C4)s2)cc1. The van der Waals surface area contributed by atoms with Gasteiger partial charge in [0.25, 0.3) is 5.19 Å². The third-order valence-electron chi connectivity index (χ3n) is 5.80. The summed E-state index contributed by atoms with van der Waals surface area (Å²) in [4.78, 5) is 7.83. The molecule has 2 aromatic rings. The summed E-state index contributed by atoms with van der Waals surface area (Å²) in [6.07, 6.45) is -0.228. The van der Waals surface area contributed by atoms with Crippen molar-refractivity contribution in [2.75, 3.05) is 19.6 Å². The lowest BCUT2D eigenvalue weighted by Gasteiger charge is -2.55. The Balaban J connectivity index is 0.00000192. The standard InChI is InChI=1S/C19H19F3N2O2S.ClH/c20-19(21,22)26-15-3-1-12(2-4-15)16-7-23-18(27-16)25-17-13-5-11-6-14(17)10-24(8-11)9-13;/h1-4,7,11,13-14,17H,5-6,8-10H2;1H. The summed E-state index contributed by atoms with van der Waals surface area (Å²) in [6, 6.07) is 5.84. The molecule has 2 atom stereocenters. The molecule has 3 aliphatic heterocycles. The van der Waals surface area contributed by atoms with Crippen LogP contribution >= 0.6 is 23.7 Å². The fourth-order valence-corrected chi connectivity index (χ4v) is 5.75. The van der Waals surface area contributed by atoms with Crippen molar-refractivity contribution in [1.29, 1.82) is 0 Å². The quantitative estimate of drug-likeness (QED) is 0.691. The van der Waals surface area contributed by atoms with E-state index < -0.39 is 6.36 Å². The first-order chi connectivity index (χ1) is 12.9. The molecule has 4 heterocycles. The number of hydrogen-bond acceptors (Lipinski definition) is 5. The van der Waals surface area contributed by atoms with Gasteiger partial charge in [0.15, 0.2) is 0 Å². The number of ether oxygens (including phenoxy) is 2. The molecule has 9 heteroatoms. The van der Waals surface area contributed by atoms with E-state index in [1.54, 1.807) is 18.3 Å². The van der Waals surface area contributed by atoms with Crippen LogP contribution in [0.2, 0.25) is 0 Å². The van der Waals surface area contributed by atoms with Crippen molar-refractivity contribution in [1.82, 2.24) is 9.88 Å². The van der Waals surface area contributed by atoms with Gasteiger partial charge in [0.1, 0.15) is 11.9 Å². The summed E-state index contributed by atoms with van der Waals surface area (Å²) < 4.78 is 47.0. The highest BCUT2D eigenvalue weighted by Crippen LogP contribution is 2.45. The maximum atomic E-state index is 12.3. The first-order valence-corrected chi connectivity index (χ1v) is 9.95. The van der Waals surface area contributed by atoms with E-state index in [0.717, 1.165) is 29.4 Å². The number of alkyl halides is 3. The Labute approximate surface area is 171 Å². The van der Waals surface area contributed by atoms with Crippen molar-refractivity contribution in [3.05, 3.63) is 30.5 Å². The molecule has 152 valence electrons. The molecule has 1 aromatic carbocycles. The predicted octanol–water partition coefficient (Wildman–Crippen LogP) is 4.85. The molecule has 6 rings (SSSR count). The maximum absolute atomic E-state index is 12.3. The van der Waals surface area contributed by atoms with Crippen molar-refractivity contribution in [3.8, 4) is 21.4 Å². The zero-order valence-electron chi connectivity index (χ0n) is 14.9. The first-order valence-electron chi connectivity index (χ1n) is 9.14. The van der Waals surface area contributed by atoms with Gasteiger partial charge in [0.2, 0.25) is 0 Å². The molecule has 0 spiro atoms. The average molecular weight is 433 g/mol. The molecule has 0 N–H and O–H groups in total. The van der Waals surface area contributed by atoms with Crippen molar-refractivity contribution in [2.24, 2.45) is 17.8 Å². The lowest BCUT2D eigenvalue weighted by atomic mass is 9.66. The van der Waals surface area contributed by atoms with E-state index in [1.807, 2.05) is 0 Å². The maximum Gasteiger partial charge on any atom is 0.573 e. The summed E-state index contributed by atoms with van der Waals surface area (Å²) >= 11 is 1.44. The molecule has 1 aliphatic carbocycles. The smallest absolute Gasteiger partial charge is 0.466 e. The van der Waals surface area contributed by atoms with Crippen LogP contribution in [0.1, 0.15) is 12.8 Å². The van der Waals surface area contributed by atoms with Crippen LogP contribution in [0, 0.1) is 17.8 Å². The van der Waals surface area contributed by atoms with Crippen LogP contribution in [-0.2, 0) is 0 Å². The van der Waals surface area contributed by atoms with Gasteiger partial charge in [-0.3, -0.25) is 0 Å². The van der Waals surface area contributed by atoms with E-state index in [1.165, 1.54) is 42.9 Å². The number of halogens is 4. The minimum atomic E-state index is -4.68. The Morgan fingerprint density at radius 3 is 2.32 bits per heavy atom.